The van der Waals surface area contributed by atoms with Crippen molar-refractivity contribution in [2.75, 3.05) is 11.1 Å². The number of carbonyl (C=O) groups is 1. The fraction of sp³-hybridized carbons (Fsp3) is 0.222. The van der Waals surface area contributed by atoms with E-state index in [0.717, 1.165) is 0 Å². The monoisotopic (exact) mass is 260 g/mol. The van der Waals surface area contributed by atoms with Gasteiger partial charge < -0.3 is 11.5 Å². The molecule has 0 heterocycles. The predicted molar refractivity (Wildman–Crippen MR) is 56.8 cm³/mol. The van der Waals surface area contributed by atoms with Crippen molar-refractivity contribution >= 4 is 27.5 Å². The van der Waals surface area contributed by atoms with Crippen LogP contribution in [-0.2, 0) is 6.42 Å². The zero-order chi connectivity index (χ0) is 10.7. The summed E-state index contributed by atoms with van der Waals surface area (Å²) in [4.78, 5) is 10.9. The lowest BCUT2D eigenvalue weighted by molar-refractivity contribution is 0.100. The van der Waals surface area contributed by atoms with Gasteiger partial charge in [-0.05, 0) is 18.6 Å². The minimum absolute atomic E-state index is 0.136. The lowest BCUT2D eigenvalue weighted by Gasteiger charge is -2.08. The molecule has 4 N–H and O–H groups in total. The molecule has 0 aliphatic carbocycles. The molecular formula is C9H10BrFN2O. The molecule has 3 nitrogen and oxygen atoms in total. The van der Waals surface area contributed by atoms with Gasteiger partial charge in [-0.15, -0.1) is 0 Å². The van der Waals surface area contributed by atoms with Gasteiger partial charge in [0.25, 0.3) is 5.91 Å². The second-order valence-electron chi connectivity index (χ2n) is 2.79. The van der Waals surface area contributed by atoms with E-state index in [-0.39, 0.29) is 11.3 Å². The van der Waals surface area contributed by atoms with Gasteiger partial charge in [0.15, 0.2) is 0 Å². The van der Waals surface area contributed by atoms with E-state index in [2.05, 4.69) is 15.9 Å². The van der Waals surface area contributed by atoms with Crippen LogP contribution in [0.3, 0.4) is 0 Å². The van der Waals surface area contributed by atoms with Crippen LogP contribution >= 0.6 is 15.9 Å². The van der Waals surface area contributed by atoms with Gasteiger partial charge >= 0.3 is 0 Å². The van der Waals surface area contributed by atoms with Crippen LogP contribution in [0.5, 0.6) is 0 Å². The first-order valence-electron chi connectivity index (χ1n) is 4.00. The van der Waals surface area contributed by atoms with E-state index in [0.29, 0.717) is 17.3 Å². The molecule has 0 saturated heterocycles. The number of nitrogens with two attached hydrogens (primary N) is 2. The summed E-state index contributed by atoms with van der Waals surface area (Å²) in [5.74, 6) is -1.05. The molecule has 0 radical (unpaired) electrons. The summed E-state index contributed by atoms with van der Waals surface area (Å²) in [5.41, 5.74) is 11.3. The number of benzene rings is 1. The van der Waals surface area contributed by atoms with Crippen LogP contribution in [0.1, 0.15) is 15.9 Å². The molecule has 0 aliphatic rings. The Kier molecular flexibility index (Phi) is 3.46. The standard InChI is InChI=1S/C9H10BrFN2O/c10-4-3-5-7(11)2-1-6(8(5)12)9(13)14/h1-2H,3-4,12H2,(H2,13,14). The number of carbonyl (C=O) groups excluding carboxylic acids is 1. The van der Waals surface area contributed by atoms with Crippen molar-refractivity contribution in [2.24, 2.45) is 5.73 Å². The summed E-state index contributed by atoms with van der Waals surface area (Å²) < 4.78 is 13.2. The summed E-state index contributed by atoms with van der Waals surface area (Å²) in [5, 5.41) is 0.580. The van der Waals surface area contributed by atoms with E-state index in [1.807, 2.05) is 0 Å². The molecule has 0 aliphatic heterocycles. The predicted octanol–water partition coefficient (Wildman–Crippen LogP) is 1.44. The molecule has 1 amide bonds. The first kappa shape index (κ1) is 11.0. The highest BCUT2D eigenvalue weighted by Gasteiger charge is 2.13. The maximum Gasteiger partial charge on any atom is 0.250 e. The Morgan fingerprint density at radius 2 is 2.14 bits per heavy atom. The van der Waals surface area contributed by atoms with Crippen molar-refractivity contribution in [2.45, 2.75) is 6.42 Å². The lowest BCUT2D eigenvalue weighted by Crippen LogP contribution is -2.15. The fourth-order valence-electron chi connectivity index (χ4n) is 1.20. The van der Waals surface area contributed by atoms with Crippen LogP contribution in [0.2, 0.25) is 0 Å². The number of anilines is 1. The van der Waals surface area contributed by atoms with Crippen molar-refractivity contribution in [3.63, 3.8) is 0 Å². The normalized spacial score (nSPS) is 10.1. The molecule has 14 heavy (non-hydrogen) atoms. The Hall–Kier alpha value is -1.10. The smallest absolute Gasteiger partial charge is 0.250 e. The minimum Gasteiger partial charge on any atom is -0.398 e. The number of halogens is 2. The molecule has 0 aromatic heterocycles. The summed E-state index contributed by atoms with van der Waals surface area (Å²) in [6.45, 7) is 0. The third kappa shape index (κ3) is 2.04. The average Bonchev–Trinajstić information content (AvgIpc) is 2.11. The molecule has 0 spiro atoms. The number of primary amides is 1. The summed E-state index contributed by atoms with van der Waals surface area (Å²) in [6, 6.07) is 2.50. The second kappa shape index (κ2) is 4.41. The summed E-state index contributed by atoms with van der Waals surface area (Å²) in [7, 11) is 0. The van der Waals surface area contributed by atoms with E-state index < -0.39 is 11.7 Å². The SMILES string of the molecule is NC(=O)c1ccc(F)c(CCBr)c1N. The molecular weight excluding hydrogens is 251 g/mol. The van der Waals surface area contributed by atoms with Gasteiger partial charge in [0.1, 0.15) is 5.82 Å². The van der Waals surface area contributed by atoms with Crippen LogP contribution in [0, 0.1) is 5.82 Å². The Labute approximate surface area is 89.4 Å². The van der Waals surface area contributed by atoms with Crippen molar-refractivity contribution in [3.8, 4) is 0 Å². The van der Waals surface area contributed by atoms with Gasteiger partial charge in [0.05, 0.1) is 11.3 Å². The minimum atomic E-state index is -0.640. The fourth-order valence-corrected chi connectivity index (χ4v) is 1.60. The highest BCUT2D eigenvalue weighted by molar-refractivity contribution is 9.09. The molecule has 0 atom stereocenters. The second-order valence-corrected chi connectivity index (χ2v) is 3.58. The number of hydrogen-bond donors (Lipinski definition) is 2. The zero-order valence-corrected chi connectivity index (χ0v) is 8.97. The van der Waals surface area contributed by atoms with Gasteiger partial charge in [0.2, 0.25) is 0 Å². The quantitative estimate of drug-likeness (QED) is 0.638. The number of nitrogen functional groups attached to an aromatic ring is 1. The van der Waals surface area contributed by atoms with Crippen LogP contribution in [0.4, 0.5) is 10.1 Å². The van der Waals surface area contributed by atoms with E-state index in [9.17, 15) is 9.18 Å². The Morgan fingerprint density at radius 3 is 2.64 bits per heavy atom. The topological polar surface area (TPSA) is 69.1 Å². The first-order valence-corrected chi connectivity index (χ1v) is 5.12. The Bertz CT molecular complexity index is 368. The van der Waals surface area contributed by atoms with Crippen LogP contribution < -0.4 is 11.5 Å². The van der Waals surface area contributed by atoms with E-state index in [4.69, 9.17) is 11.5 Å². The van der Waals surface area contributed by atoms with Crippen molar-refractivity contribution in [1.29, 1.82) is 0 Å². The van der Waals surface area contributed by atoms with Crippen LogP contribution in [-0.4, -0.2) is 11.2 Å². The van der Waals surface area contributed by atoms with Gasteiger partial charge in [-0.3, -0.25) is 4.79 Å². The van der Waals surface area contributed by atoms with Gasteiger partial charge in [-0.1, -0.05) is 15.9 Å². The van der Waals surface area contributed by atoms with Crippen LogP contribution in [0.15, 0.2) is 12.1 Å². The first-order chi connectivity index (χ1) is 6.57. The molecule has 0 unspecified atom stereocenters. The lowest BCUT2D eigenvalue weighted by atomic mass is 10.0. The largest absolute Gasteiger partial charge is 0.398 e. The molecule has 1 rings (SSSR count). The number of amides is 1. The third-order valence-electron chi connectivity index (χ3n) is 1.91. The highest BCUT2D eigenvalue weighted by atomic mass is 79.9. The number of alkyl halides is 1. The maximum absolute atomic E-state index is 13.2. The summed E-state index contributed by atoms with van der Waals surface area (Å²) >= 11 is 3.18. The molecule has 1 aromatic rings. The van der Waals surface area contributed by atoms with Crippen LogP contribution in [0.25, 0.3) is 0 Å². The number of rotatable bonds is 3. The zero-order valence-electron chi connectivity index (χ0n) is 7.39. The maximum atomic E-state index is 13.2. The Morgan fingerprint density at radius 1 is 1.50 bits per heavy atom. The van der Waals surface area contributed by atoms with E-state index in [1.165, 1.54) is 12.1 Å². The van der Waals surface area contributed by atoms with E-state index >= 15 is 0 Å². The third-order valence-corrected chi connectivity index (χ3v) is 2.31. The molecule has 0 bridgehead atoms. The molecule has 0 fully saturated rings. The summed E-state index contributed by atoms with van der Waals surface area (Å²) in [6.07, 6.45) is 0.429. The van der Waals surface area contributed by atoms with Gasteiger partial charge in [0, 0.05) is 10.9 Å². The molecule has 0 saturated carbocycles. The average molecular weight is 261 g/mol. The van der Waals surface area contributed by atoms with Crippen molar-refractivity contribution in [3.05, 3.63) is 29.1 Å². The number of hydrogen-bond acceptors (Lipinski definition) is 2. The van der Waals surface area contributed by atoms with Gasteiger partial charge in [-0.25, -0.2) is 4.39 Å². The van der Waals surface area contributed by atoms with E-state index in [1.54, 1.807) is 0 Å². The Balaban J connectivity index is 3.26. The highest BCUT2D eigenvalue weighted by Crippen LogP contribution is 2.21. The van der Waals surface area contributed by atoms with Crippen molar-refractivity contribution < 1.29 is 9.18 Å². The van der Waals surface area contributed by atoms with Crippen molar-refractivity contribution in [1.82, 2.24) is 0 Å². The molecule has 76 valence electrons. The molecule has 1 aromatic carbocycles. The molecule has 5 heteroatoms. The van der Waals surface area contributed by atoms with Gasteiger partial charge in [-0.2, -0.15) is 0 Å².